The summed E-state index contributed by atoms with van der Waals surface area (Å²) in [5.41, 5.74) is 0.190. The third kappa shape index (κ3) is 4.59. The van der Waals surface area contributed by atoms with Crippen molar-refractivity contribution in [3.8, 4) is 6.01 Å². The van der Waals surface area contributed by atoms with Gasteiger partial charge < -0.3 is 14.5 Å². The van der Waals surface area contributed by atoms with Gasteiger partial charge in [-0.05, 0) is 47.8 Å². The molecule has 6 rings (SSSR count). The van der Waals surface area contributed by atoms with Gasteiger partial charge in [0.05, 0.1) is 27.3 Å². The lowest BCUT2D eigenvalue weighted by atomic mass is 9.95. The molecule has 3 aliphatic rings. The zero-order chi connectivity index (χ0) is 28.3. The predicted molar refractivity (Wildman–Crippen MR) is 147 cm³/mol. The Morgan fingerprint density at radius 3 is 2.83 bits per heavy atom. The normalized spacial score (nSPS) is 22.9. The van der Waals surface area contributed by atoms with Crippen LogP contribution in [0.1, 0.15) is 41.9 Å². The molecule has 9 nitrogen and oxygen atoms in total. The summed E-state index contributed by atoms with van der Waals surface area (Å²) in [6, 6.07) is 1.12. The van der Waals surface area contributed by atoms with Crippen LogP contribution in [0.5, 0.6) is 6.01 Å². The molecule has 2 atom stereocenters. The highest BCUT2D eigenvalue weighted by molar-refractivity contribution is 9.10. The maximum atomic E-state index is 15.4. The molecule has 214 valence electrons. The summed E-state index contributed by atoms with van der Waals surface area (Å²) < 4.78 is 51.8. The van der Waals surface area contributed by atoms with E-state index in [1.807, 2.05) is 4.90 Å². The van der Waals surface area contributed by atoms with E-state index in [1.54, 1.807) is 18.8 Å². The van der Waals surface area contributed by atoms with Crippen LogP contribution in [-0.4, -0.2) is 87.5 Å². The van der Waals surface area contributed by atoms with E-state index < -0.39 is 23.3 Å². The molecule has 0 spiro atoms. The van der Waals surface area contributed by atoms with Crippen LogP contribution in [0.15, 0.2) is 10.5 Å². The van der Waals surface area contributed by atoms with Gasteiger partial charge in [0.1, 0.15) is 29.9 Å². The maximum Gasteiger partial charge on any atom is 0.319 e. The summed E-state index contributed by atoms with van der Waals surface area (Å²) in [4.78, 5) is 26.9. The third-order valence-electron chi connectivity index (χ3n) is 8.06. The van der Waals surface area contributed by atoms with Gasteiger partial charge in [0.25, 0.3) is 5.91 Å². The first kappa shape index (κ1) is 27.5. The molecule has 0 unspecified atom stereocenters. The van der Waals surface area contributed by atoms with E-state index in [1.165, 1.54) is 11.0 Å². The Morgan fingerprint density at radius 1 is 1.25 bits per heavy atom. The van der Waals surface area contributed by atoms with Crippen LogP contribution in [0.3, 0.4) is 0 Å². The van der Waals surface area contributed by atoms with Crippen LogP contribution in [0, 0.1) is 11.6 Å². The number of hydrogen-bond acceptors (Lipinski definition) is 7. The van der Waals surface area contributed by atoms with E-state index in [0.717, 1.165) is 19.4 Å². The van der Waals surface area contributed by atoms with Gasteiger partial charge in [-0.2, -0.15) is 15.1 Å². The fourth-order valence-corrected chi connectivity index (χ4v) is 6.68. The van der Waals surface area contributed by atoms with E-state index in [4.69, 9.17) is 16.3 Å². The molecule has 2 aromatic heterocycles. The van der Waals surface area contributed by atoms with Crippen molar-refractivity contribution in [1.82, 2.24) is 29.5 Å². The van der Waals surface area contributed by atoms with Crippen molar-refractivity contribution in [1.29, 1.82) is 0 Å². The Bertz CT molecular complexity index is 1510. The van der Waals surface area contributed by atoms with E-state index in [0.29, 0.717) is 38.2 Å². The van der Waals surface area contributed by atoms with Crippen LogP contribution < -0.4 is 9.64 Å². The second-order valence-electron chi connectivity index (χ2n) is 10.9. The number of ether oxygens (including phenoxy) is 1. The number of rotatable bonds is 5. The highest BCUT2D eigenvalue weighted by Gasteiger charge is 2.49. The molecule has 3 aromatic rings. The van der Waals surface area contributed by atoms with E-state index in [2.05, 4.69) is 35.9 Å². The van der Waals surface area contributed by atoms with Crippen LogP contribution in [0.25, 0.3) is 10.9 Å². The van der Waals surface area contributed by atoms with Crippen molar-refractivity contribution in [3.05, 3.63) is 38.6 Å². The number of amides is 1. The average molecular weight is 643 g/mol. The number of benzene rings is 1. The van der Waals surface area contributed by atoms with Gasteiger partial charge in [-0.25, -0.2) is 13.2 Å². The quantitative estimate of drug-likeness (QED) is 0.377. The smallest absolute Gasteiger partial charge is 0.319 e. The number of halogens is 5. The SMILES string of the molecule is CN(C)C(=O)c1nn2c(c1Cl)CN(c1nc(OC[C@@]34CCCN3C[C@H](F)C4)nc3c(F)c(Br)c(F)cc13)CCC2. The van der Waals surface area contributed by atoms with Gasteiger partial charge in [-0.15, -0.1) is 0 Å². The summed E-state index contributed by atoms with van der Waals surface area (Å²) in [5, 5.41) is 4.83. The predicted octanol–water partition coefficient (Wildman–Crippen LogP) is 4.59. The molecule has 2 fully saturated rings. The summed E-state index contributed by atoms with van der Waals surface area (Å²) in [6.45, 7) is 2.50. The first-order valence-electron chi connectivity index (χ1n) is 13.2. The molecule has 40 heavy (non-hydrogen) atoms. The van der Waals surface area contributed by atoms with Crippen molar-refractivity contribution in [2.75, 3.05) is 45.2 Å². The number of carbonyl (C=O) groups excluding carboxylic acids is 1. The highest BCUT2D eigenvalue weighted by atomic mass is 79.9. The van der Waals surface area contributed by atoms with Gasteiger partial charge >= 0.3 is 6.01 Å². The van der Waals surface area contributed by atoms with Gasteiger partial charge in [0.15, 0.2) is 11.5 Å². The standard InChI is InChI=1S/C26H28BrClF3N7O2/c1-35(2)24(39)22-19(28)17-12-36(6-4-8-38(17)34-22)23-15-9-16(30)18(27)20(31)21(15)32-25(33-23)40-13-26-5-3-7-37(26)11-14(29)10-26/h9,14H,3-8,10-13H2,1-2H3/t14-,26+/m1/s1. The molecule has 3 aliphatic heterocycles. The van der Waals surface area contributed by atoms with Crippen LogP contribution in [-0.2, 0) is 13.1 Å². The van der Waals surface area contributed by atoms with Crippen molar-refractivity contribution >= 4 is 50.2 Å². The zero-order valence-electron chi connectivity index (χ0n) is 22.1. The van der Waals surface area contributed by atoms with Crippen LogP contribution in [0.4, 0.5) is 19.0 Å². The lowest BCUT2D eigenvalue weighted by molar-refractivity contribution is 0.0821. The van der Waals surface area contributed by atoms with Gasteiger partial charge in [0.2, 0.25) is 0 Å². The summed E-state index contributed by atoms with van der Waals surface area (Å²) in [7, 11) is 3.24. The monoisotopic (exact) mass is 641 g/mol. The Hall–Kier alpha value is -2.64. The van der Waals surface area contributed by atoms with Gasteiger partial charge in [-0.1, -0.05) is 11.6 Å². The number of anilines is 1. The van der Waals surface area contributed by atoms with E-state index >= 15 is 4.39 Å². The Kier molecular flexibility index (Phi) is 7.10. The van der Waals surface area contributed by atoms with Crippen molar-refractivity contribution in [2.45, 2.75) is 50.5 Å². The molecular formula is C26H28BrClF3N7O2. The second kappa shape index (κ2) is 10.3. The lowest BCUT2D eigenvalue weighted by Crippen LogP contribution is -2.43. The minimum absolute atomic E-state index is 0.0734. The number of carbonyl (C=O) groups is 1. The minimum atomic E-state index is -0.927. The summed E-state index contributed by atoms with van der Waals surface area (Å²) >= 11 is 9.61. The Morgan fingerprint density at radius 2 is 2.05 bits per heavy atom. The second-order valence-corrected chi connectivity index (χ2v) is 12.1. The highest BCUT2D eigenvalue weighted by Crippen LogP contribution is 2.41. The zero-order valence-corrected chi connectivity index (χ0v) is 24.4. The molecule has 0 bridgehead atoms. The minimum Gasteiger partial charge on any atom is -0.461 e. The molecule has 2 saturated heterocycles. The fraction of sp³-hybridized carbons (Fsp3) is 0.538. The number of alkyl halides is 1. The topological polar surface area (TPSA) is 79.6 Å². The van der Waals surface area contributed by atoms with E-state index in [-0.39, 0.29) is 57.0 Å². The number of nitrogens with zero attached hydrogens (tertiary/aromatic N) is 7. The first-order valence-corrected chi connectivity index (χ1v) is 14.3. The molecule has 1 aromatic carbocycles. The van der Waals surface area contributed by atoms with Crippen molar-refractivity contribution in [3.63, 3.8) is 0 Å². The molecule has 1 amide bonds. The summed E-state index contributed by atoms with van der Waals surface area (Å²) in [6.07, 6.45) is 1.79. The third-order valence-corrected chi connectivity index (χ3v) is 9.18. The molecular weight excluding hydrogens is 615 g/mol. The fourth-order valence-electron chi connectivity index (χ4n) is 6.10. The molecule has 0 radical (unpaired) electrons. The van der Waals surface area contributed by atoms with Gasteiger partial charge in [0, 0.05) is 45.5 Å². The van der Waals surface area contributed by atoms with Crippen LogP contribution >= 0.6 is 27.5 Å². The average Bonchev–Trinajstić information content (AvgIpc) is 3.48. The molecule has 0 N–H and O–H groups in total. The molecule has 0 aliphatic carbocycles. The molecule has 14 heteroatoms. The first-order chi connectivity index (χ1) is 19.1. The molecule has 5 heterocycles. The number of aryl methyl sites for hydroxylation is 1. The molecule has 0 saturated carbocycles. The largest absolute Gasteiger partial charge is 0.461 e. The lowest BCUT2D eigenvalue weighted by Gasteiger charge is -2.31. The number of aromatic nitrogens is 4. The van der Waals surface area contributed by atoms with Crippen molar-refractivity contribution < 1.29 is 22.7 Å². The number of fused-ring (bicyclic) bond motifs is 3. The Balaban J connectivity index is 1.40. The van der Waals surface area contributed by atoms with Gasteiger partial charge in [-0.3, -0.25) is 14.4 Å². The van der Waals surface area contributed by atoms with E-state index in [9.17, 15) is 13.6 Å². The number of hydrogen-bond donors (Lipinski definition) is 0. The van der Waals surface area contributed by atoms with Crippen LogP contribution in [0.2, 0.25) is 5.02 Å². The summed E-state index contributed by atoms with van der Waals surface area (Å²) in [5.74, 6) is -1.71. The maximum absolute atomic E-state index is 15.4. The Labute approximate surface area is 242 Å². The van der Waals surface area contributed by atoms with Crippen molar-refractivity contribution in [2.24, 2.45) is 0 Å².